The summed E-state index contributed by atoms with van der Waals surface area (Å²) < 4.78 is 0. The number of rotatable bonds is 4. The second-order valence-corrected chi connectivity index (χ2v) is 4.45. The zero-order chi connectivity index (χ0) is 11.4. The normalized spacial score (nSPS) is 10.1. The summed E-state index contributed by atoms with van der Waals surface area (Å²) in [7, 11) is 0. The number of hydrogen-bond donors (Lipinski definition) is 1. The molecule has 16 heavy (non-hydrogen) atoms. The molecule has 0 saturated heterocycles. The number of nitrogens with zero attached hydrogens (tertiary/aromatic N) is 1. The molecule has 2 aromatic rings. The molecule has 2 heterocycles. The van der Waals surface area contributed by atoms with Crippen LogP contribution in [0.4, 0.5) is 5.82 Å². The molecule has 0 aliphatic heterocycles. The molecule has 1 N–H and O–H groups in total. The molecule has 0 aliphatic carbocycles. The van der Waals surface area contributed by atoms with E-state index < -0.39 is 0 Å². The molecule has 0 amide bonds. The molecule has 0 atom stereocenters. The second kappa shape index (κ2) is 4.90. The molecule has 82 valence electrons. The summed E-state index contributed by atoms with van der Waals surface area (Å²) in [6.07, 6.45) is 1.60. The number of carbonyl (C=O) groups excluding carboxylic acids is 1. The first-order valence-electron chi connectivity index (χ1n) is 4.99. The van der Waals surface area contributed by atoms with Gasteiger partial charge in [-0.2, -0.15) is 0 Å². The lowest BCUT2D eigenvalue weighted by molar-refractivity contribution is 0.101. The van der Waals surface area contributed by atoms with Crippen molar-refractivity contribution in [2.24, 2.45) is 0 Å². The zero-order valence-electron chi connectivity index (χ0n) is 8.93. The van der Waals surface area contributed by atoms with Gasteiger partial charge in [0.1, 0.15) is 5.82 Å². The summed E-state index contributed by atoms with van der Waals surface area (Å²) in [5.41, 5.74) is 0.640. The number of pyridine rings is 1. The molecule has 0 radical (unpaired) electrons. The Morgan fingerprint density at radius 2 is 2.31 bits per heavy atom. The Balaban J connectivity index is 1.98. The van der Waals surface area contributed by atoms with Crippen molar-refractivity contribution in [2.45, 2.75) is 13.5 Å². The molecule has 0 aliphatic rings. The van der Waals surface area contributed by atoms with E-state index in [-0.39, 0.29) is 5.78 Å². The smallest absolute Gasteiger partial charge is 0.161 e. The van der Waals surface area contributed by atoms with E-state index in [9.17, 15) is 4.79 Å². The van der Waals surface area contributed by atoms with E-state index in [0.717, 1.165) is 12.4 Å². The SMILES string of the molecule is CC(=O)c1ccc(NCc2cccs2)nc1. The van der Waals surface area contributed by atoms with E-state index in [1.54, 1.807) is 23.6 Å². The lowest BCUT2D eigenvalue weighted by Gasteiger charge is -2.03. The first-order valence-corrected chi connectivity index (χ1v) is 5.87. The Kier molecular flexibility index (Phi) is 3.31. The molecule has 0 aromatic carbocycles. The Morgan fingerprint density at radius 1 is 1.44 bits per heavy atom. The number of hydrogen-bond acceptors (Lipinski definition) is 4. The Morgan fingerprint density at radius 3 is 2.88 bits per heavy atom. The van der Waals surface area contributed by atoms with Gasteiger partial charge < -0.3 is 5.32 Å². The van der Waals surface area contributed by atoms with Crippen molar-refractivity contribution in [3.8, 4) is 0 Å². The van der Waals surface area contributed by atoms with Crippen molar-refractivity contribution in [2.75, 3.05) is 5.32 Å². The van der Waals surface area contributed by atoms with Crippen LogP contribution in [0.3, 0.4) is 0 Å². The number of nitrogens with one attached hydrogen (secondary N) is 1. The fourth-order valence-electron chi connectivity index (χ4n) is 1.30. The van der Waals surface area contributed by atoms with Gasteiger partial charge in [-0.25, -0.2) is 4.98 Å². The van der Waals surface area contributed by atoms with Crippen LogP contribution in [-0.2, 0) is 6.54 Å². The average molecular weight is 232 g/mol. The predicted molar refractivity (Wildman–Crippen MR) is 65.9 cm³/mol. The lowest BCUT2D eigenvalue weighted by atomic mass is 10.2. The Labute approximate surface area is 98.2 Å². The van der Waals surface area contributed by atoms with Crippen LogP contribution >= 0.6 is 11.3 Å². The number of thiophene rings is 1. The molecule has 0 fully saturated rings. The molecule has 0 unspecified atom stereocenters. The molecule has 2 rings (SSSR count). The van der Waals surface area contributed by atoms with Crippen molar-refractivity contribution < 1.29 is 4.79 Å². The van der Waals surface area contributed by atoms with Crippen LogP contribution < -0.4 is 5.32 Å². The number of Topliss-reactive ketones (excluding diaryl/α,β-unsaturated/α-hetero) is 1. The molecule has 3 nitrogen and oxygen atoms in total. The summed E-state index contributed by atoms with van der Waals surface area (Å²) in [6, 6.07) is 7.70. The average Bonchev–Trinajstić information content (AvgIpc) is 2.80. The van der Waals surface area contributed by atoms with Crippen molar-refractivity contribution >= 4 is 22.9 Å². The molecule has 0 spiro atoms. The largest absolute Gasteiger partial charge is 0.365 e. The van der Waals surface area contributed by atoms with Gasteiger partial charge in [-0.1, -0.05) is 6.07 Å². The third-order valence-corrected chi connectivity index (χ3v) is 3.07. The predicted octanol–water partition coefficient (Wildman–Crippen LogP) is 2.96. The molecular formula is C12H12N2OS. The van der Waals surface area contributed by atoms with Crippen LogP contribution in [0.5, 0.6) is 0 Å². The van der Waals surface area contributed by atoms with Gasteiger partial charge in [0.2, 0.25) is 0 Å². The minimum atomic E-state index is 0.0392. The first kappa shape index (κ1) is 10.8. The van der Waals surface area contributed by atoms with Gasteiger partial charge in [0.05, 0.1) is 6.54 Å². The number of aromatic nitrogens is 1. The third kappa shape index (κ3) is 2.67. The van der Waals surface area contributed by atoms with Crippen LogP contribution in [0.2, 0.25) is 0 Å². The van der Waals surface area contributed by atoms with E-state index in [4.69, 9.17) is 0 Å². The van der Waals surface area contributed by atoms with E-state index in [1.807, 2.05) is 17.5 Å². The minimum absolute atomic E-state index is 0.0392. The maximum Gasteiger partial charge on any atom is 0.161 e. The highest BCUT2D eigenvalue weighted by Crippen LogP contribution is 2.11. The van der Waals surface area contributed by atoms with E-state index >= 15 is 0 Å². The second-order valence-electron chi connectivity index (χ2n) is 3.42. The number of carbonyl (C=O) groups is 1. The van der Waals surface area contributed by atoms with Crippen molar-refractivity contribution in [3.05, 3.63) is 46.3 Å². The molecule has 0 bridgehead atoms. The fraction of sp³-hybridized carbons (Fsp3) is 0.167. The van der Waals surface area contributed by atoms with Gasteiger partial charge in [0.15, 0.2) is 5.78 Å². The molecule has 2 aromatic heterocycles. The van der Waals surface area contributed by atoms with Crippen LogP contribution in [0.1, 0.15) is 22.2 Å². The van der Waals surface area contributed by atoms with Gasteiger partial charge in [0.25, 0.3) is 0 Å². The molecular weight excluding hydrogens is 220 g/mol. The topological polar surface area (TPSA) is 42.0 Å². The van der Waals surface area contributed by atoms with Crippen LogP contribution in [-0.4, -0.2) is 10.8 Å². The van der Waals surface area contributed by atoms with Gasteiger partial charge in [0, 0.05) is 16.6 Å². The maximum atomic E-state index is 11.0. The van der Waals surface area contributed by atoms with E-state index in [1.165, 1.54) is 11.8 Å². The monoisotopic (exact) mass is 232 g/mol. The zero-order valence-corrected chi connectivity index (χ0v) is 9.75. The van der Waals surface area contributed by atoms with Crippen LogP contribution in [0.15, 0.2) is 35.8 Å². The van der Waals surface area contributed by atoms with Crippen molar-refractivity contribution in [1.29, 1.82) is 0 Å². The van der Waals surface area contributed by atoms with Gasteiger partial charge in [-0.15, -0.1) is 11.3 Å². The van der Waals surface area contributed by atoms with Crippen molar-refractivity contribution in [3.63, 3.8) is 0 Å². The summed E-state index contributed by atoms with van der Waals surface area (Å²) in [6.45, 7) is 2.31. The van der Waals surface area contributed by atoms with Gasteiger partial charge >= 0.3 is 0 Å². The van der Waals surface area contributed by atoms with Crippen molar-refractivity contribution in [1.82, 2.24) is 4.98 Å². The Hall–Kier alpha value is -1.68. The standard InChI is InChI=1S/C12H12N2OS/c1-9(15)10-4-5-12(13-7-10)14-8-11-3-2-6-16-11/h2-7H,8H2,1H3,(H,13,14). The highest BCUT2D eigenvalue weighted by Gasteiger charge is 2.00. The third-order valence-electron chi connectivity index (χ3n) is 2.19. The lowest BCUT2D eigenvalue weighted by Crippen LogP contribution is -2.01. The summed E-state index contributed by atoms with van der Waals surface area (Å²) in [5, 5.41) is 5.25. The summed E-state index contributed by atoms with van der Waals surface area (Å²) >= 11 is 1.71. The summed E-state index contributed by atoms with van der Waals surface area (Å²) in [4.78, 5) is 16.5. The van der Waals surface area contributed by atoms with E-state index in [0.29, 0.717) is 5.56 Å². The highest BCUT2D eigenvalue weighted by molar-refractivity contribution is 7.09. The highest BCUT2D eigenvalue weighted by atomic mass is 32.1. The quantitative estimate of drug-likeness (QED) is 0.824. The number of ketones is 1. The van der Waals surface area contributed by atoms with Gasteiger partial charge in [-0.3, -0.25) is 4.79 Å². The number of anilines is 1. The Bertz CT molecular complexity index is 462. The maximum absolute atomic E-state index is 11.0. The fourth-order valence-corrected chi connectivity index (χ4v) is 1.94. The van der Waals surface area contributed by atoms with Crippen LogP contribution in [0.25, 0.3) is 0 Å². The van der Waals surface area contributed by atoms with Crippen LogP contribution in [0, 0.1) is 0 Å². The minimum Gasteiger partial charge on any atom is -0.365 e. The van der Waals surface area contributed by atoms with E-state index in [2.05, 4.69) is 16.4 Å². The molecule has 4 heteroatoms. The summed E-state index contributed by atoms with van der Waals surface area (Å²) in [5.74, 6) is 0.829. The first-order chi connectivity index (χ1) is 7.75. The molecule has 0 saturated carbocycles. The van der Waals surface area contributed by atoms with Gasteiger partial charge in [-0.05, 0) is 30.5 Å².